The fourth-order valence-corrected chi connectivity index (χ4v) is 1.68. The molecule has 0 spiro atoms. The quantitative estimate of drug-likeness (QED) is 0.357. The third kappa shape index (κ3) is 2.31. The van der Waals surface area contributed by atoms with Crippen molar-refractivity contribution in [2.24, 2.45) is 5.92 Å². The molecule has 0 aliphatic heterocycles. The second-order valence-corrected chi connectivity index (χ2v) is 3.25. The van der Waals surface area contributed by atoms with E-state index in [1.54, 1.807) is 0 Å². The van der Waals surface area contributed by atoms with Crippen LogP contribution in [0, 0.1) is 5.92 Å². The van der Waals surface area contributed by atoms with Crippen molar-refractivity contribution in [3.8, 4) is 0 Å². The van der Waals surface area contributed by atoms with Crippen LogP contribution < -0.4 is 18.1 Å². The predicted octanol–water partition coefficient (Wildman–Crippen LogP) is -5.27. The Balaban J connectivity index is 0.00000121. The summed E-state index contributed by atoms with van der Waals surface area (Å²) in [6.07, 6.45) is -0.121. The van der Waals surface area contributed by atoms with Gasteiger partial charge < -0.3 is 33.5 Å². The first-order valence-corrected chi connectivity index (χ1v) is 3.97. The summed E-state index contributed by atoms with van der Waals surface area (Å²) in [5, 5.41) is 27.2. The molecule has 0 radical (unpaired) electrons. The zero-order valence-electron chi connectivity index (χ0n) is 6.86. The Morgan fingerprint density at radius 3 is 2.17 bits per heavy atom. The van der Waals surface area contributed by atoms with Gasteiger partial charge in [0, 0.05) is 13.0 Å². The maximum Gasteiger partial charge on any atom is 0.131 e. The van der Waals surface area contributed by atoms with Gasteiger partial charge in [0.2, 0.25) is 0 Å². The first kappa shape index (κ1) is 12.1. The summed E-state index contributed by atoms with van der Waals surface area (Å²) >= 11 is 0. The SMILES string of the molecule is [Cl-].[NH3+][C@H]1C[C@@H](CCO)[C@@H](O)[C@@H]1O. The molecule has 4 atom stereocenters. The summed E-state index contributed by atoms with van der Waals surface area (Å²) in [6.45, 7) is 0.0706. The molecule has 6 N–H and O–H groups in total. The van der Waals surface area contributed by atoms with Crippen LogP contribution >= 0.6 is 0 Å². The maximum atomic E-state index is 9.36. The minimum absolute atomic E-state index is 0. The fourth-order valence-electron chi connectivity index (χ4n) is 1.68. The van der Waals surface area contributed by atoms with E-state index in [0.29, 0.717) is 12.8 Å². The number of hydrogen-bond acceptors (Lipinski definition) is 3. The average Bonchev–Trinajstić information content (AvgIpc) is 2.19. The number of hydrogen-bond donors (Lipinski definition) is 4. The number of aliphatic hydroxyl groups excluding tert-OH is 3. The highest BCUT2D eigenvalue weighted by molar-refractivity contribution is 4.89. The summed E-state index contributed by atoms with van der Waals surface area (Å²) in [5.74, 6) is 0.0255. The van der Waals surface area contributed by atoms with Gasteiger partial charge in [-0.3, -0.25) is 0 Å². The minimum atomic E-state index is -0.702. The first-order chi connectivity index (χ1) is 5.16. The molecule has 1 rings (SSSR count). The highest BCUT2D eigenvalue weighted by Gasteiger charge is 2.41. The first-order valence-electron chi connectivity index (χ1n) is 3.97. The van der Waals surface area contributed by atoms with Gasteiger partial charge >= 0.3 is 0 Å². The van der Waals surface area contributed by atoms with Crippen molar-refractivity contribution in [1.29, 1.82) is 0 Å². The van der Waals surface area contributed by atoms with E-state index in [1.165, 1.54) is 0 Å². The van der Waals surface area contributed by atoms with Crippen LogP contribution in [0.3, 0.4) is 0 Å². The van der Waals surface area contributed by atoms with E-state index in [1.807, 2.05) is 0 Å². The normalized spacial score (nSPS) is 41.0. The van der Waals surface area contributed by atoms with Crippen molar-refractivity contribution in [3.63, 3.8) is 0 Å². The van der Waals surface area contributed by atoms with E-state index < -0.39 is 12.2 Å². The lowest BCUT2D eigenvalue weighted by Gasteiger charge is -2.13. The van der Waals surface area contributed by atoms with Gasteiger partial charge in [-0.25, -0.2) is 0 Å². The Morgan fingerprint density at radius 1 is 1.25 bits per heavy atom. The summed E-state index contributed by atoms with van der Waals surface area (Å²) in [6, 6.07) is -0.0819. The fraction of sp³-hybridized carbons (Fsp3) is 1.00. The molecular weight excluding hydrogens is 182 g/mol. The Morgan fingerprint density at radius 2 is 1.83 bits per heavy atom. The summed E-state index contributed by atoms with van der Waals surface area (Å²) in [5.41, 5.74) is 3.71. The Hall–Kier alpha value is 0.130. The number of quaternary nitrogens is 1. The van der Waals surface area contributed by atoms with Crippen molar-refractivity contribution in [1.82, 2.24) is 0 Å². The van der Waals surface area contributed by atoms with Crippen LogP contribution in [0.5, 0.6) is 0 Å². The van der Waals surface area contributed by atoms with E-state index in [0.717, 1.165) is 0 Å². The highest BCUT2D eigenvalue weighted by atomic mass is 35.5. The van der Waals surface area contributed by atoms with Gasteiger partial charge in [0.15, 0.2) is 0 Å². The number of rotatable bonds is 2. The van der Waals surface area contributed by atoms with Gasteiger partial charge in [-0.1, -0.05) is 0 Å². The molecule has 1 fully saturated rings. The topological polar surface area (TPSA) is 88.3 Å². The van der Waals surface area contributed by atoms with Crippen molar-refractivity contribution in [3.05, 3.63) is 0 Å². The molecule has 0 unspecified atom stereocenters. The molecule has 4 nitrogen and oxygen atoms in total. The zero-order chi connectivity index (χ0) is 8.43. The molecule has 1 saturated carbocycles. The summed E-state index contributed by atoms with van der Waals surface area (Å²) < 4.78 is 0. The molecule has 0 heterocycles. The van der Waals surface area contributed by atoms with Gasteiger partial charge in [0.1, 0.15) is 12.1 Å². The number of aliphatic hydroxyl groups is 3. The highest BCUT2D eigenvalue weighted by Crippen LogP contribution is 2.26. The predicted molar refractivity (Wildman–Crippen MR) is 38.5 cm³/mol. The van der Waals surface area contributed by atoms with Crippen molar-refractivity contribution >= 4 is 0 Å². The standard InChI is InChI=1S/C7H15NO3.ClH/c8-5-3-4(1-2-9)6(10)7(5)11;/h4-7,9-11H,1-3,8H2;1H/t4-,5+,6-,7-;/m1./s1. The largest absolute Gasteiger partial charge is 1.00 e. The lowest BCUT2D eigenvalue weighted by atomic mass is 10.0. The van der Waals surface area contributed by atoms with Crippen molar-refractivity contribution in [2.75, 3.05) is 6.61 Å². The molecule has 0 aromatic heterocycles. The molecule has 1 aliphatic carbocycles. The molecule has 12 heavy (non-hydrogen) atoms. The van der Waals surface area contributed by atoms with E-state index in [2.05, 4.69) is 5.73 Å². The molecule has 0 saturated heterocycles. The molecule has 0 bridgehead atoms. The summed E-state index contributed by atoms with van der Waals surface area (Å²) in [7, 11) is 0. The molecule has 74 valence electrons. The Kier molecular flexibility index (Phi) is 5.04. The van der Waals surface area contributed by atoms with E-state index >= 15 is 0 Å². The summed E-state index contributed by atoms with van der Waals surface area (Å²) in [4.78, 5) is 0. The lowest BCUT2D eigenvalue weighted by Crippen LogP contribution is -3.00. The van der Waals surface area contributed by atoms with Crippen molar-refractivity contribution < 1.29 is 33.5 Å². The van der Waals surface area contributed by atoms with Gasteiger partial charge in [-0.2, -0.15) is 0 Å². The Labute approximate surface area is 77.8 Å². The van der Waals surface area contributed by atoms with Gasteiger partial charge in [-0.05, 0) is 12.3 Å². The monoisotopic (exact) mass is 197 g/mol. The molecular formula is C7H16ClNO3. The lowest BCUT2D eigenvalue weighted by molar-refractivity contribution is -0.434. The van der Waals surface area contributed by atoms with Gasteiger partial charge in [0.25, 0.3) is 0 Å². The second-order valence-electron chi connectivity index (χ2n) is 3.25. The van der Waals surface area contributed by atoms with Crippen LogP contribution in [0.2, 0.25) is 0 Å². The van der Waals surface area contributed by atoms with Crippen LogP contribution in [0.4, 0.5) is 0 Å². The molecule has 0 aromatic rings. The van der Waals surface area contributed by atoms with Crippen LogP contribution in [-0.4, -0.2) is 40.2 Å². The molecule has 0 amide bonds. The van der Waals surface area contributed by atoms with E-state index in [4.69, 9.17) is 5.11 Å². The van der Waals surface area contributed by atoms with E-state index in [-0.39, 0.29) is 31.0 Å². The third-order valence-corrected chi connectivity index (χ3v) is 2.42. The van der Waals surface area contributed by atoms with Gasteiger partial charge in [-0.15, -0.1) is 0 Å². The maximum absolute atomic E-state index is 9.36. The van der Waals surface area contributed by atoms with E-state index in [9.17, 15) is 10.2 Å². The number of halogens is 1. The van der Waals surface area contributed by atoms with Crippen molar-refractivity contribution in [2.45, 2.75) is 31.1 Å². The molecule has 5 heteroatoms. The van der Waals surface area contributed by atoms with Crippen LogP contribution in [0.15, 0.2) is 0 Å². The molecule has 0 aromatic carbocycles. The smallest absolute Gasteiger partial charge is 0.131 e. The van der Waals surface area contributed by atoms with Crippen LogP contribution in [0.1, 0.15) is 12.8 Å². The van der Waals surface area contributed by atoms with Gasteiger partial charge in [0.05, 0.1) is 6.10 Å². The third-order valence-electron chi connectivity index (χ3n) is 2.42. The minimum Gasteiger partial charge on any atom is -1.00 e. The second kappa shape index (κ2) is 4.99. The van der Waals surface area contributed by atoms with Crippen LogP contribution in [0.25, 0.3) is 0 Å². The molecule has 1 aliphatic rings. The average molecular weight is 198 g/mol. The van der Waals surface area contributed by atoms with Crippen LogP contribution in [-0.2, 0) is 0 Å². The Bertz CT molecular complexity index is 136. The zero-order valence-corrected chi connectivity index (χ0v) is 7.61.